The lowest BCUT2D eigenvalue weighted by atomic mass is 10.2. The molecule has 1 aliphatic carbocycles. The first-order chi connectivity index (χ1) is 13.4. The van der Waals surface area contributed by atoms with Gasteiger partial charge in [-0.2, -0.15) is 0 Å². The number of ether oxygens (including phenoxy) is 1. The normalized spacial score (nSPS) is 12.5. The molecule has 3 amide bonds. The van der Waals surface area contributed by atoms with Crippen LogP contribution < -0.4 is 21.5 Å². The molecule has 0 bridgehead atoms. The SMILES string of the molecule is CCOC(=O)CCC(=O)NC(=S)NNC(=O)c1ccc(NC(=O)C2CC2)cc1. The molecule has 28 heavy (non-hydrogen) atoms. The summed E-state index contributed by atoms with van der Waals surface area (Å²) in [5.74, 6) is -1.33. The average Bonchev–Trinajstić information content (AvgIpc) is 3.50. The largest absolute Gasteiger partial charge is 0.466 e. The van der Waals surface area contributed by atoms with Crippen molar-refractivity contribution in [1.82, 2.24) is 16.2 Å². The summed E-state index contributed by atoms with van der Waals surface area (Å²) in [5, 5.41) is 5.02. The molecule has 1 fully saturated rings. The Morgan fingerprint density at radius 3 is 2.36 bits per heavy atom. The van der Waals surface area contributed by atoms with Gasteiger partial charge in [-0.25, -0.2) is 0 Å². The van der Waals surface area contributed by atoms with E-state index >= 15 is 0 Å². The van der Waals surface area contributed by atoms with Gasteiger partial charge >= 0.3 is 5.97 Å². The third kappa shape index (κ3) is 7.31. The van der Waals surface area contributed by atoms with Crippen LogP contribution in [0.3, 0.4) is 0 Å². The molecule has 1 aromatic carbocycles. The zero-order chi connectivity index (χ0) is 20.5. The highest BCUT2D eigenvalue weighted by Gasteiger charge is 2.29. The van der Waals surface area contributed by atoms with Crippen molar-refractivity contribution in [1.29, 1.82) is 0 Å². The molecule has 1 saturated carbocycles. The average molecular weight is 406 g/mol. The summed E-state index contributed by atoms with van der Waals surface area (Å²) in [4.78, 5) is 46.6. The minimum atomic E-state index is -0.476. The Balaban J connectivity index is 1.70. The van der Waals surface area contributed by atoms with E-state index in [2.05, 4.69) is 21.5 Å². The van der Waals surface area contributed by atoms with Crippen LogP contribution in [0.15, 0.2) is 24.3 Å². The molecular weight excluding hydrogens is 384 g/mol. The van der Waals surface area contributed by atoms with Gasteiger partial charge in [-0.05, 0) is 56.2 Å². The van der Waals surface area contributed by atoms with Crippen molar-refractivity contribution in [3.63, 3.8) is 0 Å². The Hall–Kier alpha value is -3.01. The van der Waals surface area contributed by atoms with Gasteiger partial charge in [-0.15, -0.1) is 0 Å². The number of hydrogen-bond donors (Lipinski definition) is 4. The monoisotopic (exact) mass is 406 g/mol. The van der Waals surface area contributed by atoms with E-state index in [1.807, 2.05) is 0 Å². The summed E-state index contributed by atoms with van der Waals surface area (Å²) in [6, 6.07) is 6.37. The van der Waals surface area contributed by atoms with Crippen molar-refractivity contribution in [2.75, 3.05) is 11.9 Å². The van der Waals surface area contributed by atoms with Crippen molar-refractivity contribution in [2.45, 2.75) is 32.6 Å². The van der Waals surface area contributed by atoms with Crippen LogP contribution in [0.1, 0.15) is 43.0 Å². The Morgan fingerprint density at radius 1 is 1.07 bits per heavy atom. The smallest absolute Gasteiger partial charge is 0.306 e. The van der Waals surface area contributed by atoms with E-state index in [1.54, 1.807) is 31.2 Å². The minimum Gasteiger partial charge on any atom is -0.466 e. The number of carbonyl (C=O) groups excluding carboxylic acids is 4. The van der Waals surface area contributed by atoms with E-state index in [4.69, 9.17) is 17.0 Å². The number of benzene rings is 1. The molecule has 9 nitrogen and oxygen atoms in total. The van der Waals surface area contributed by atoms with E-state index in [1.165, 1.54) is 0 Å². The number of amides is 3. The van der Waals surface area contributed by atoms with Crippen LogP contribution in [0, 0.1) is 5.92 Å². The molecule has 10 heteroatoms. The molecule has 0 saturated heterocycles. The Labute approximate surface area is 167 Å². The van der Waals surface area contributed by atoms with E-state index in [0.29, 0.717) is 11.3 Å². The predicted octanol–water partition coefficient (Wildman–Crippen LogP) is 1.01. The summed E-state index contributed by atoms with van der Waals surface area (Å²) >= 11 is 4.91. The molecule has 4 N–H and O–H groups in total. The van der Waals surface area contributed by atoms with Crippen LogP contribution in [0.25, 0.3) is 0 Å². The highest BCUT2D eigenvalue weighted by molar-refractivity contribution is 7.80. The van der Waals surface area contributed by atoms with Crippen molar-refractivity contribution >= 4 is 46.7 Å². The van der Waals surface area contributed by atoms with Crippen LogP contribution in [-0.2, 0) is 19.1 Å². The maximum Gasteiger partial charge on any atom is 0.306 e. The third-order valence-corrected chi connectivity index (χ3v) is 3.97. The van der Waals surface area contributed by atoms with Crippen LogP contribution in [0.4, 0.5) is 5.69 Å². The van der Waals surface area contributed by atoms with Crippen molar-refractivity contribution in [3.8, 4) is 0 Å². The van der Waals surface area contributed by atoms with Crippen molar-refractivity contribution in [3.05, 3.63) is 29.8 Å². The molecule has 1 aliphatic rings. The number of esters is 1. The lowest BCUT2D eigenvalue weighted by Crippen LogP contribution is -2.48. The molecule has 0 heterocycles. The second-order valence-electron chi connectivity index (χ2n) is 6.10. The summed E-state index contributed by atoms with van der Waals surface area (Å²) in [5.41, 5.74) is 5.72. The minimum absolute atomic E-state index is 0.0112. The van der Waals surface area contributed by atoms with Gasteiger partial charge in [-0.1, -0.05) is 0 Å². The van der Waals surface area contributed by atoms with Gasteiger partial charge in [0.05, 0.1) is 13.0 Å². The van der Waals surface area contributed by atoms with Gasteiger partial charge in [0.25, 0.3) is 5.91 Å². The molecule has 150 valence electrons. The molecule has 0 radical (unpaired) electrons. The number of hydrazine groups is 1. The molecule has 0 aromatic heterocycles. The number of rotatable bonds is 7. The topological polar surface area (TPSA) is 126 Å². The summed E-state index contributed by atoms with van der Waals surface area (Å²) in [7, 11) is 0. The van der Waals surface area contributed by atoms with Gasteiger partial charge in [0.2, 0.25) is 11.8 Å². The zero-order valence-electron chi connectivity index (χ0n) is 15.4. The summed E-state index contributed by atoms with van der Waals surface area (Å²) in [6.07, 6.45) is 1.69. The highest BCUT2D eigenvalue weighted by atomic mass is 32.1. The number of nitrogens with one attached hydrogen (secondary N) is 4. The zero-order valence-corrected chi connectivity index (χ0v) is 16.2. The van der Waals surface area contributed by atoms with Crippen LogP contribution in [0.5, 0.6) is 0 Å². The second kappa shape index (κ2) is 10.4. The number of carbonyl (C=O) groups is 4. The third-order valence-electron chi connectivity index (χ3n) is 3.77. The molecule has 1 aromatic rings. The van der Waals surface area contributed by atoms with Crippen molar-refractivity contribution < 1.29 is 23.9 Å². The molecular formula is C18H22N4O5S. The maximum absolute atomic E-state index is 12.1. The Bertz CT molecular complexity index is 762. The van der Waals surface area contributed by atoms with Gasteiger partial charge in [-0.3, -0.25) is 30.0 Å². The molecule has 0 aliphatic heterocycles. The summed E-state index contributed by atoms with van der Waals surface area (Å²) < 4.78 is 4.72. The lowest BCUT2D eigenvalue weighted by molar-refractivity contribution is -0.144. The fourth-order valence-corrected chi connectivity index (χ4v) is 2.31. The first-order valence-corrected chi connectivity index (χ1v) is 9.26. The van der Waals surface area contributed by atoms with E-state index < -0.39 is 17.8 Å². The number of anilines is 1. The Morgan fingerprint density at radius 2 is 1.75 bits per heavy atom. The number of hydrogen-bond acceptors (Lipinski definition) is 6. The fourth-order valence-electron chi connectivity index (χ4n) is 2.15. The Kier molecular flexibility index (Phi) is 7.88. The highest BCUT2D eigenvalue weighted by Crippen LogP contribution is 2.30. The molecule has 0 unspecified atom stereocenters. The number of thiocarbonyl (C=S) groups is 1. The second-order valence-corrected chi connectivity index (χ2v) is 6.51. The van der Waals surface area contributed by atoms with Gasteiger partial charge in [0, 0.05) is 23.6 Å². The van der Waals surface area contributed by atoms with E-state index in [0.717, 1.165) is 12.8 Å². The predicted molar refractivity (Wildman–Crippen MR) is 105 cm³/mol. The fraction of sp³-hybridized carbons (Fsp3) is 0.389. The van der Waals surface area contributed by atoms with Gasteiger partial charge in [0.1, 0.15) is 0 Å². The first kappa shape index (κ1) is 21.3. The summed E-state index contributed by atoms with van der Waals surface area (Å²) in [6.45, 7) is 1.93. The van der Waals surface area contributed by atoms with Crippen LogP contribution in [-0.4, -0.2) is 35.4 Å². The van der Waals surface area contributed by atoms with Crippen molar-refractivity contribution in [2.24, 2.45) is 5.92 Å². The van der Waals surface area contributed by atoms with E-state index in [9.17, 15) is 19.2 Å². The van der Waals surface area contributed by atoms with Crippen LogP contribution in [0.2, 0.25) is 0 Å². The molecule has 2 rings (SSSR count). The standard InChI is InChI=1S/C18H22N4O5S/c1-2-27-15(24)10-9-14(23)20-18(28)22-21-17(26)12-5-7-13(8-6-12)19-16(25)11-3-4-11/h5-8,11H,2-4,9-10H2,1H3,(H,19,25)(H,21,26)(H2,20,22,23,28). The maximum atomic E-state index is 12.1. The van der Waals surface area contributed by atoms with E-state index in [-0.39, 0.29) is 36.4 Å². The molecule has 0 spiro atoms. The molecule has 0 atom stereocenters. The first-order valence-electron chi connectivity index (χ1n) is 8.85. The quantitative estimate of drug-likeness (QED) is 0.302. The van der Waals surface area contributed by atoms with Gasteiger partial charge in [0.15, 0.2) is 5.11 Å². The lowest BCUT2D eigenvalue weighted by Gasteiger charge is -2.11. The van der Waals surface area contributed by atoms with Gasteiger partial charge < -0.3 is 15.4 Å². The van der Waals surface area contributed by atoms with Crippen LogP contribution >= 0.6 is 12.2 Å².